The van der Waals surface area contributed by atoms with Crippen LogP contribution in [0, 0.1) is 5.92 Å². The molecular formula is C12H24N2O. The Hall–Kier alpha value is -0.120. The fourth-order valence-electron chi connectivity index (χ4n) is 2.93. The first-order chi connectivity index (χ1) is 7.40. The molecule has 2 rings (SSSR count). The normalized spacial score (nSPS) is 34.2. The summed E-state index contributed by atoms with van der Waals surface area (Å²) in [4.78, 5) is 2.69. The van der Waals surface area contributed by atoms with Crippen LogP contribution >= 0.6 is 0 Å². The first-order valence-electron chi connectivity index (χ1n) is 6.34. The number of ether oxygens (including phenoxy) is 1. The Labute approximate surface area is 93.2 Å². The van der Waals surface area contributed by atoms with Gasteiger partial charge in [0.05, 0.1) is 6.61 Å². The average molecular weight is 212 g/mol. The molecule has 0 bridgehead atoms. The van der Waals surface area contributed by atoms with Crippen molar-refractivity contribution >= 4 is 0 Å². The quantitative estimate of drug-likeness (QED) is 0.758. The lowest BCUT2D eigenvalue weighted by atomic mass is 10.1. The van der Waals surface area contributed by atoms with E-state index in [1.165, 1.54) is 51.9 Å². The molecule has 2 unspecified atom stereocenters. The molecule has 3 nitrogen and oxygen atoms in total. The zero-order chi connectivity index (χ0) is 10.5. The zero-order valence-electron chi connectivity index (χ0n) is 9.87. The molecule has 2 atom stereocenters. The van der Waals surface area contributed by atoms with Crippen LogP contribution in [0.3, 0.4) is 0 Å². The van der Waals surface area contributed by atoms with Gasteiger partial charge in [0.15, 0.2) is 0 Å². The van der Waals surface area contributed by atoms with Gasteiger partial charge in [-0.1, -0.05) is 0 Å². The number of nitrogens with zero attached hydrogens (tertiary/aromatic N) is 1. The fourth-order valence-corrected chi connectivity index (χ4v) is 2.93. The second kappa shape index (κ2) is 5.83. The summed E-state index contributed by atoms with van der Waals surface area (Å²) in [6, 6.07) is 0.835. The summed E-state index contributed by atoms with van der Waals surface area (Å²) in [5, 5.41) is 3.49. The second-order valence-electron chi connectivity index (χ2n) is 4.94. The van der Waals surface area contributed by atoms with Crippen LogP contribution < -0.4 is 5.32 Å². The number of hydrogen-bond donors (Lipinski definition) is 1. The van der Waals surface area contributed by atoms with Crippen molar-refractivity contribution < 1.29 is 4.74 Å². The lowest BCUT2D eigenvalue weighted by molar-refractivity contribution is 0.144. The van der Waals surface area contributed by atoms with Crippen molar-refractivity contribution in [3.8, 4) is 0 Å². The Morgan fingerprint density at radius 3 is 3.07 bits per heavy atom. The van der Waals surface area contributed by atoms with Crippen LogP contribution in [0.5, 0.6) is 0 Å². The lowest BCUT2D eigenvalue weighted by Crippen LogP contribution is -2.34. The summed E-state index contributed by atoms with van der Waals surface area (Å²) in [5.41, 5.74) is 0. The largest absolute Gasteiger partial charge is 0.384 e. The van der Waals surface area contributed by atoms with Crippen LogP contribution in [0.25, 0.3) is 0 Å². The first-order valence-corrected chi connectivity index (χ1v) is 6.34. The Bertz CT molecular complexity index is 178. The standard InChI is InChI=1S/C12H24N2O/c1-15-10-11-5-8-14(9-11)12-3-2-6-13-7-4-12/h11-13H,2-10H2,1H3. The molecule has 2 saturated heterocycles. The molecule has 0 aromatic rings. The van der Waals surface area contributed by atoms with Gasteiger partial charge in [-0.25, -0.2) is 0 Å². The molecule has 2 aliphatic rings. The predicted molar refractivity (Wildman–Crippen MR) is 62.1 cm³/mol. The summed E-state index contributed by atoms with van der Waals surface area (Å²) in [6.45, 7) is 5.92. The molecule has 88 valence electrons. The van der Waals surface area contributed by atoms with Crippen LogP contribution in [0.1, 0.15) is 25.7 Å². The molecule has 0 amide bonds. The number of likely N-dealkylation sites (tertiary alicyclic amines) is 1. The molecule has 2 heterocycles. The lowest BCUT2D eigenvalue weighted by Gasteiger charge is -2.26. The minimum absolute atomic E-state index is 0.784. The summed E-state index contributed by atoms with van der Waals surface area (Å²) in [5.74, 6) is 0.784. The van der Waals surface area contributed by atoms with E-state index in [2.05, 4.69) is 10.2 Å². The summed E-state index contributed by atoms with van der Waals surface area (Å²) >= 11 is 0. The number of methoxy groups -OCH3 is 1. The molecule has 2 aliphatic heterocycles. The molecule has 3 heteroatoms. The van der Waals surface area contributed by atoms with Crippen molar-refractivity contribution in [2.45, 2.75) is 31.7 Å². The van der Waals surface area contributed by atoms with E-state index in [0.29, 0.717) is 0 Å². The highest BCUT2D eigenvalue weighted by Gasteiger charge is 2.28. The number of nitrogens with one attached hydrogen (secondary N) is 1. The van der Waals surface area contributed by atoms with Crippen molar-refractivity contribution in [1.82, 2.24) is 10.2 Å². The minimum atomic E-state index is 0.784. The Balaban J connectivity index is 1.78. The molecule has 0 radical (unpaired) electrons. The fraction of sp³-hybridized carbons (Fsp3) is 1.00. The van der Waals surface area contributed by atoms with E-state index < -0.39 is 0 Å². The van der Waals surface area contributed by atoms with E-state index in [1.807, 2.05) is 7.11 Å². The highest BCUT2D eigenvalue weighted by molar-refractivity contribution is 4.83. The van der Waals surface area contributed by atoms with E-state index in [0.717, 1.165) is 18.6 Å². The third kappa shape index (κ3) is 3.16. The summed E-state index contributed by atoms with van der Waals surface area (Å²) < 4.78 is 5.25. The van der Waals surface area contributed by atoms with Gasteiger partial charge in [0.2, 0.25) is 0 Å². The molecule has 2 fully saturated rings. The van der Waals surface area contributed by atoms with Gasteiger partial charge in [0.1, 0.15) is 0 Å². The van der Waals surface area contributed by atoms with Gasteiger partial charge in [-0.3, -0.25) is 4.90 Å². The van der Waals surface area contributed by atoms with Gasteiger partial charge in [-0.05, 0) is 51.2 Å². The minimum Gasteiger partial charge on any atom is -0.384 e. The van der Waals surface area contributed by atoms with Gasteiger partial charge in [0.25, 0.3) is 0 Å². The average Bonchev–Trinajstić information content (AvgIpc) is 2.53. The van der Waals surface area contributed by atoms with Crippen LogP contribution in [0.2, 0.25) is 0 Å². The van der Waals surface area contributed by atoms with Gasteiger partial charge < -0.3 is 10.1 Å². The number of hydrogen-bond acceptors (Lipinski definition) is 3. The maximum absolute atomic E-state index is 5.25. The maximum Gasteiger partial charge on any atom is 0.0503 e. The first kappa shape index (κ1) is 11.4. The van der Waals surface area contributed by atoms with Gasteiger partial charge in [-0.2, -0.15) is 0 Å². The van der Waals surface area contributed by atoms with Crippen molar-refractivity contribution in [1.29, 1.82) is 0 Å². The molecule has 0 aromatic heterocycles. The van der Waals surface area contributed by atoms with Crippen LogP contribution in [-0.2, 0) is 4.74 Å². The summed E-state index contributed by atoms with van der Waals surface area (Å²) in [7, 11) is 1.82. The highest BCUT2D eigenvalue weighted by Crippen LogP contribution is 2.23. The smallest absolute Gasteiger partial charge is 0.0503 e. The molecular weight excluding hydrogens is 188 g/mol. The van der Waals surface area contributed by atoms with Crippen molar-refractivity contribution in [3.05, 3.63) is 0 Å². The van der Waals surface area contributed by atoms with Crippen LogP contribution in [0.15, 0.2) is 0 Å². The van der Waals surface area contributed by atoms with E-state index in [9.17, 15) is 0 Å². The molecule has 15 heavy (non-hydrogen) atoms. The molecule has 0 aliphatic carbocycles. The Kier molecular flexibility index (Phi) is 4.42. The molecule has 0 spiro atoms. The third-order valence-electron chi connectivity index (χ3n) is 3.78. The van der Waals surface area contributed by atoms with E-state index in [1.54, 1.807) is 0 Å². The van der Waals surface area contributed by atoms with Gasteiger partial charge in [-0.15, -0.1) is 0 Å². The van der Waals surface area contributed by atoms with Gasteiger partial charge >= 0.3 is 0 Å². The van der Waals surface area contributed by atoms with E-state index >= 15 is 0 Å². The zero-order valence-corrected chi connectivity index (χ0v) is 9.87. The Morgan fingerprint density at radius 1 is 1.27 bits per heavy atom. The molecule has 0 aromatic carbocycles. The molecule has 0 saturated carbocycles. The van der Waals surface area contributed by atoms with Crippen molar-refractivity contribution in [3.63, 3.8) is 0 Å². The van der Waals surface area contributed by atoms with E-state index in [-0.39, 0.29) is 0 Å². The topological polar surface area (TPSA) is 24.5 Å². The van der Waals surface area contributed by atoms with E-state index in [4.69, 9.17) is 4.74 Å². The Morgan fingerprint density at radius 2 is 2.20 bits per heavy atom. The number of rotatable bonds is 3. The maximum atomic E-state index is 5.25. The third-order valence-corrected chi connectivity index (χ3v) is 3.78. The SMILES string of the molecule is COCC1CCN(C2CCCNCC2)C1. The molecule has 1 N–H and O–H groups in total. The van der Waals surface area contributed by atoms with Crippen molar-refractivity contribution in [2.75, 3.05) is 39.9 Å². The predicted octanol–water partition coefficient (Wildman–Crippen LogP) is 1.10. The second-order valence-corrected chi connectivity index (χ2v) is 4.94. The van der Waals surface area contributed by atoms with Gasteiger partial charge in [0, 0.05) is 19.7 Å². The highest BCUT2D eigenvalue weighted by atomic mass is 16.5. The van der Waals surface area contributed by atoms with Crippen molar-refractivity contribution in [2.24, 2.45) is 5.92 Å². The van der Waals surface area contributed by atoms with Crippen LogP contribution in [0.4, 0.5) is 0 Å². The summed E-state index contributed by atoms with van der Waals surface area (Å²) in [6.07, 6.45) is 5.39. The monoisotopic (exact) mass is 212 g/mol. The van der Waals surface area contributed by atoms with Crippen LogP contribution in [-0.4, -0.2) is 50.8 Å².